The Bertz CT molecular complexity index is 1360. The zero-order valence-electron chi connectivity index (χ0n) is 21.1. The summed E-state index contributed by atoms with van der Waals surface area (Å²) in [4.78, 5) is 14.4. The van der Waals surface area contributed by atoms with Crippen LogP contribution in [0.1, 0.15) is 29.6 Å². The number of rotatable bonds is 8. The number of aromatic hydroxyl groups is 1. The second-order valence-corrected chi connectivity index (χ2v) is 9.33. The molecule has 0 radical (unpaired) electrons. The molecular formula is C31H32N2O4. The number of phenols is 1. The van der Waals surface area contributed by atoms with Crippen LogP contribution in [0.2, 0.25) is 0 Å². The second-order valence-electron chi connectivity index (χ2n) is 9.33. The van der Waals surface area contributed by atoms with Crippen molar-refractivity contribution in [2.24, 2.45) is 0 Å². The number of carbonyl (C=O) groups is 1. The topological polar surface area (TPSA) is 71.0 Å². The highest BCUT2D eigenvalue weighted by atomic mass is 16.5. The van der Waals surface area contributed by atoms with Crippen molar-refractivity contribution in [1.29, 1.82) is 0 Å². The van der Waals surface area contributed by atoms with E-state index >= 15 is 0 Å². The quantitative estimate of drug-likeness (QED) is 0.303. The van der Waals surface area contributed by atoms with Gasteiger partial charge in [0.05, 0.1) is 0 Å². The van der Waals surface area contributed by atoms with Crippen LogP contribution in [0.3, 0.4) is 0 Å². The molecule has 0 spiro atoms. The molecule has 0 aromatic heterocycles. The number of ether oxygens (including phenoxy) is 2. The molecule has 1 saturated heterocycles. The second kappa shape index (κ2) is 11.4. The van der Waals surface area contributed by atoms with Crippen LogP contribution in [0, 0.1) is 0 Å². The molecule has 1 aliphatic heterocycles. The van der Waals surface area contributed by atoms with Crippen molar-refractivity contribution in [1.82, 2.24) is 10.2 Å². The lowest BCUT2D eigenvalue weighted by Crippen LogP contribution is -2.33. The van der Waals surface area contributed by atoms with Crippen LogP contribution in [0.5, 0.6) is 23.0 Å². The molecule has 0 unspecified atom stereocenters. The molecule has 6 heteroatoms. The molecule has 0 aliphatic carbocycles. The van der Waals surface area contributed by atoms with E-state index in [9.17, 15) is 9.90 Å². The summed E-state index contributed by atoms with van der Waals surface area (Å²) in [6, 6.07) is 24.3. The van der Waals surface area contributed by atoms with Gasteiger partial charge < -0.3 is 19.9 Å². The van der Waals surface area contributed by atoms with E-state index in [2.05, 4.69) is 10.2 Å². The largest absolute Gasteiger partial charge is 0.508 e. The highest BCUT2D eigenvalue weighted by Gasteiger charge is 2.14. The van der Waals surface area contributed by atoms with Crippen LogP contribution in [-0.4, -0.2) is 49.2 Å². The number of amides is 1. The van der Waals surface area contributed by atoms with Gasteiger partial charge in [0.25, 0.3) is 5.91 Å². The standard InChI is InChI=1S/C31H32N2O4/c1-32-31(35)23-7-5-22(6-8-23)28-15-9-24-21-25(34)10-16-29(24)30(28)37-27-13-11-26(12-14-27)36-20-19-33-17-3-2-4-18-33/h5-16,21,34H,2-4,17-20H2,1H3,(H,32,35). The molecule has 4 aromatic carbocycles. The van der Waals surface area contributed by atoms with Crippen molar-refractivity contribution in [2.45, 2.75) is 19.3 Å². The first kappa shape index (κ1) is 24.7. The molecule has 0 saturated carbocycles. The predicted octanol–water partition coefficient (Wildman–Crippen LogP) is 6.23. The maximum absolute atomic E-state index is 12.0. The number of benzene rings is 4. The van der Waals surface area contributed by atoms with Crippen molar-refractivity contribution in [3.63, 3.8) is 0 Å². The minimum atomic E-state index is -0.129. The third kappa shape index (κ3) is 5.87. The van der Waals surface area contributed by atoms with Crippen LogP contribution >= 0.6 is 0 Å². The lowest BCUT2D eigenvalue weighted by molar-refractivity contribution is 0.0963. The minimum absolute atomic E-state index is 0.129. The smallest absolute Gasteiger partial charge is 0.251 e. The van der Waals surface area contributed by atoms with Gasteiger partial charge in [0.15, 0.2) is 0 Å². The van der Waals surface area contributed by atoms with Crippen molar-refractivity contribution in [3.05, 3.63) is 84.4 Å². The van der Waals surface area contributed by atoms with Gasteiger partial charge in [-0.2, -0.15) is 0 Å². The Kier molecular flexibility index (Phi) is 7.57. The summed E-state index contributed by atoms with van der Waals surface area (Å²) < 4.78 is 12.4. The van der Waals surface area contributed by atoms with Crippen LogP contribution in [0.15, 0.2) is 78.9 Å². The lowest BCUT2D eigenvalue weighted by atomic mass is 9.98. The zero-order valence-corrected chi connectivity index (χ0v) is 21.1. The number of piperidine rings is 1. The first-order valence-corrected chi connectivity index (χ1v) is 12.8. The van der Waals surface area contributed by atoms with E-state index in [1.54, 1.807) is 31.3 Å². The van der Waals surface area contributed by atoms with Gasteiger partial charge >= 0.3 is 0 Å². The number of nitrogens with one attached hydrogen (secondary N) is 1. The van der Waals surface area contributed by atoms with E-state index in [0.717, 1.165) is 47.3 Å². The Morgan fingerprint density at radius 2 is 1.62 bits per heavy atom. The number of likely N-dealkylation sites (tertiary alicyclic amines) is 1. The van der Waals surface area contributed by atoms with Gasteiger partial charge in [0.2, 0.25) is 0 Å². The van der Waals surface area contributed by atoms with Crippen LogP contribution in [-0.2, 0) is 0 Å². The molecule has 1 fully saturated rings. The van der Waals surface area contributed by atoms with E-state index in [1.165, 1.54) is 19.3 Å². The molecule has 2 N–H and O–H groups in total. The normalized spacial score (nSPS) is 13.9. The molecule has 37 heavy (non-hydrogen) atoms. The van der Waals surface area contributed by atoms with Crippen molar-refractivity contribution >= 4 is 16.7 Å². The number of hydrogen-bond donors (Lipinski definition) is 2. The number of hydrogen-bond acceptors (Lipinski definition) is 5. The third-order valence-electron chi connectivity index (χ3n) is 6.81. The molecule has 190 valence electrons. The van der Waals surface area contributed by atoms with E-state index in [1.807, 2.05) is 54.6 Å². The molecule has 5 rings (SSSR count). The van der Waals surface area contributed by atoms with Crippen LogP contribution in [0.25, 0.3) is 21.9 Å². The number of nitrogens with zero attached hydrogens (tertiary/aromatic N) is 1. The maximum Gasteiger partial charge on any atom is 0.251 e. The lowest BCUT2D eigenvalue weighted by Gasteiger charge is -2.26. The Morgan fingerprint density at radius 1 is 0.892 bits per heavy atom. The molecule has 1 heterocycles. The van der Waals surface area contributed by atoms with Crippen LogP contribution in [0.4, 0.5) is 0 Å². The van der Waals surface area contributed by atoms with Crippen molar-refractivity contribution in [2.75, 3.05) is 33.3 Å². The highest BCUT2D eigenvalue weighted by molar-refractivity contribution is 5.97. The zero-order chi connectivity index (χ0) is 25.6. The van der Waals surface area contributed by atoms with E-state index in [-0.39, 0.29) is 11.7 Å². The third-order valence-corrected chi connectivity index (χ3v) is 6.81. The van der Waals surface area contributed by atoms with E-state index in [0.29, 0.717) is 23.7 Å². The molecule has 6 nitrogen and oxygen atoms in total. The first-order valence-electron chi connectivity index (χ1n) is 12.8. The van der Waals surface area contributed by atoms with Crippen molar-refractivity contribution in [3.8, 4) is 34.1 Å². The Labute approximate surface area is 217 Å². The van der Waals surface area contributed by atoms with Gasteiger partial charge in [-0.3, -0.25) is 9.69 Å². The van der Waals surface area contributed by atoms with Gasteiger partial charge in [-0.25, -0.2) is 0 Å². The first-order chi connectivity index (χ1) is 18.1. The Morgan fingerprint density at radius 3 is 2.35 bits per heavy atom. The summed E-state index contributed by atoms with van der Waals surface area (Å²) in [6.07, 6.45) is 3.89. The summed E-state index contributed by atoms with van der Waals surface area (Å²) in [7, 11) is 1.62. The average molecular weight is 497 g/mol. The fourth-order valence-corrected chi connectivity index (χ4v) is 4.77. The monoisotopic (exact) mass is 496 g/mol. The fourth-order valence-electron chi connectivity index (χ4n) is 4.77. The maximum atomic E-state index is 12.0. The molecule has 1 aliphatic rings. The number of carbonyl (C=O) groups excluding carboxylic acids is 1. The van der Waals surface area contributed by atoms with Gasteiger partial charge in [-0.1, -0.05) is 24.6 Å². The summed E-state index contributed by atoms with van der Waals surface area (Å²) in [5.74, 6) is 2.26. The van der Waals surface area contributed by atoms with Gasteiger partial charge in [0, 0.05) is 30.1 Å². The summed E-state index contributed by atoms with van der Waals surface area (Å²) in [5, 5.41) is 14.4. The fraction of sp³-hybridized carbons (Fsp3) is 0.258. The van der Waals surface area contributed by atoms with Gasteiger partial charge in [-0.05, 0) is 97.5 Å². The molecular weight excluding hydrogens is 464 g/mol. The summed E-state index contributed by atoms with van der Waals surface area (Å²) >= 11 is 0. The summed E-state index contributed by atoms with van der Waals surface area (Å²) in [5.41, 5.74) is 2.41. The molecule has 4 aromatic rings. The van der Waals surface area contributed by atoms with E-state index < -0.39 is 0 Å². The number of phenolic OH excluding ortho intramolecular Hbond substituents is 1. The SMILES string of the molecule is CNC(=O)c1ccc(-c2ccc3cc(O)ccc3c2Oc2ccc(OCCN3CCCCC3)cc2)cc1. The average Bonchev–Trinajstić information content (AvgIpc) is 2.94. The predicted molar refractivity (Wildman–Crippen MR) is 147 cm³/mol. The van der Waals surface area contributed by atoms with Crippen LogP contribution < -0.4 is 14.8 Å². The molecule has 0 bridgehead atoms. The molecule has 1 amide bonds. The van der Waals surface area contributed by atoms with Gasteiger partial charge in [0.1, 0.15) is 29.6 Å². The summed E-state index contributed by atoms with van der Waals surface area (Å²) in [6.45, 7) is 3.94. The Balaban J connectivity index is 1.38. The number of fused-ring (bicyclic) bond motifs is 1. The van der Waals surface area contributed by atoms with Crippen molar-refractivity contribution < 1.29 is 19.4 Å². The Hall–Kier alpha value is -4.03. The molecule has 0 atom stereocenters. The van der Waals surface area contributed by atoms with E-state index in [4.69, 9.17) is 9.47 Å². The minimum Gasteiger partial charge on any atom is -0.508 e. The highest BCUT2D eigenvalue weighted by Crippen LogP contribution is 2.40. The van der Waals surface area contributed by atoms with Gasteiger partial charge in [-0.15, -0.1) is 0 Å².